The van der Waals surface area contributed by atoms with Crippen LogP contribution in [0.25, 0.3) is 0 Å². The van der Waals surface area contributed by atoms with Gasteiger partial charge in [-0.15, -0.1) is 0 Å². The minimum atomic E-state index is -0.207. The maximum absolute atomic E-state index is 12.5. The first kappa shape index (κ1) is 18.6. The Morgan fingerprint density at radius 1 is 0.926 bits per heavy atom. The van der Waals surface area contributed by atoms with Crippen molar-refractivity contribution in [2.24, 2.45) is 0 Å². The second-order valence-corrected chi connectivity index (χ2v) is 6.67. The van der Waals surface area contributed by atoms with Gasteiger partial charge in [0.1, 0.15) is 5.69 Å². The van der Waals surface area contributed by atoms with Gasteiger partial charge in [-0.1, -0.05) is 54.1 Å². The zero-order valence-electron chi connectivity index (χ0n) is 15.9. The van der Waals surface area contributed by atoms with Gasteiger partial charge < -0.3 is 10.6 Å². The van der Waals surface area contributed by atoms with Gasteiger partial charge in [0.15, 0.2) is 0 Å². The summed E-state index contributed by atoms with van der Waals surface area (Å²) in [5.74, 6) is 0.250. The Bertz CT molecular complexity index is 953. The molecule has 1 aromatic heterocycles. The third kappa shape index (κ3) is 5.14. The number of carbonyl (C=O) groups excluding carboxylic acids is 1. The second-order valence-electron chi connectivity index (χ2n) is 6.67. The predicted octanol–water partition coefficient (Wildman–Crippen LogP) is 3.94. The van der Waals surface area contributed by atoms with E-state index in [1.165, 1.54) is 16.7 Å². The molecule has 0 bridgehead atoms. The smallest absolute Gasteiger partial charge is 0.270 e. The maximum atomic E-state index is 12.5. The Kier molecular flexibility index (Phi) is 5.81. The summed E-state index contributed by atoms with van der Waals surface area (Å²) in [6.45, 7) is 7.04. The molecule has 0 saturated carbocycles. The van der Waals surface area contributed by atoms with E-state index in [1.54, 1.807) is 6.07 Å². The number of hydrogen-bond donors (Lipinski definition) is 2. The van der Waals surface area contributed by atoms with Crippen molar-refractivity contribution in [2.75, 3.05) is 5.32 Å². The average Bonchev–Trinajstić information content (AvgIpc) is 2.65. The van der Waals surface area contributed by atoms with E-state index in [0.717, 1.165) is 11.3 Å². The standard InChI is InChI=1S/C22H24N4O/c1-15-7-6-9-18(11-15)13-23-21(27)20-12-17(3)25-22(26-20)24-14-19-10-5-4-8-16(19)2/h4-12H,13-14H2,1-3H3,(H,23,27)(H,24,25,26). The molecule has 0 fully saturated rings. The number of carbonyl (C=O) groups is 1. The van der Waals surface area contributed by atoms with Crippen LogP contribution < -0.4 is 10.6 Å². The number of rotatable bonds is 6. The quantitative estimate of drug-likeness (QED) is 0.699. The molecule has 0 saturated heterocycles. The molecule has 0 aliphatic rings. The number of nitrogens with one attached hydrogen (secondary N) is 2. The molecule has 27 heavy (non-hydrogen) atoms. The summed E-state index contributed by atoms with van der Waals surface area (Å²) in [7, 11) is 0. The van der Waals surface area contributed by atoms with Gasteiger partial charge in [0.05, 0.1) is 0 Å². The van der Waals surface area contributed by atoms with Crippen LogP contribution in [0.3, 0.4) is 0 Å². The summed E-state index contributed by atoms with van der Waals surface area (Å²) >= 11 is 0. The lowest BCUT2D eigenvalue weighted by Crippen LogP contribution is -2.24. The lowest BCUT2D eigenvalue weighted by atomic mass is 10.1. The van der Waals surface area contributed by atoms with Crippen LogP contribution in [0.2, 0.25) is 0 Å². The largest absolute Gasteiger partial charge is 0.350 e. The summed E-state index contributed by atoms with van der Waals surface area (Å²) < 4.78 is 0. The summed E-state index contributed by atoms with van der Waals surface area (Å²) in [4.78, 5) is 21.3. The topological polar surface area (TPSA) is 66.9 Å². The van der Waals surface area contributed by atoms with E-state index in [0.29, 0.717) is 24.7 Å². The molecule has 0 aliphatic carbocycles. The Labute approximate surface area is 159 Å². The van der Waals surface area contributed by atoms with Crippen molar-refractivity contribution in [1.82, 2.24) is 15.3 Å². The van der Waals surface area contributed by atoms with Crippen LogP contribution in [0.15, 0.2) is 54.6 Å². The Hall–Kier alpha value is -3.21. The van der Waals surface area contributed by atoms with Crippen LogP contribution in [0.1, 0.15) is 38.4 Å². The van der Waals surface area contributed by atoms with Crippen LogP contribution in [0.5, 0.6) is 0 Å². The average molecular weight is 360 g/mol. The van der Waals surface area contributed by atoms with Gasteiger partial charge in [-0.2, -0.15) is 0 Å². The third-order valence-corrected chi connectivity index (χ3v) is 4.32. The molecule has 1 amide bonds. The Morgan fingerprint density at radius 3 is 2.52 bits per heavy atom. The molecule has 5 nitrogen and oxygen atoms in total. The molecule has 2 N–H and O–H groups in total. The first-order valence-electron chi connectivity index (χ1n) is 8.99. The highest BCUT2D eigenvalue weighted by Crippen LogP contribution is 2.11. The molecule has 0 radical (unpaired) electrons. The van der Waals surface area contributed by atoms with E-state index >= 15 is 0 Å². The van der Waals surface area contributed by atoms with Gasteiger partial charge in [0.25, 0.3) is 5.91 Å². The van der Waals surface area contributed by atoms with Crippen molar-refractivity contribution in [3.8, 4) is 0 Å². The summed E-state index contributed by atoms with van der Waals surface area (Å²) in [6, 6.07) is 17.9. The van der Waals surface area contributed by atoms with Crippen molar-refractivity contribution >= 4 is 11.9 Å². The summed E-state index contributed by atoms with van der Waals surface area (Å²) in [6.07, 6.45) is 0. The molecule has 5 heteroatoms. The minimum Gasteiger partial charge on any atom is -0.350 e. The van der Waals surface area contributed by atoms with Crippen LogP contribution >= 0.6 is 0 Å². The van der Waals surface area contributed by atoms with Crippen LogP contribution in [-0.4, -0.2) is 15.9 Å². The van der Waals surface area contributed by atoms with Crippen molar-refractivity contribution in [2.45, 2.75) is 33.9 Å². The van der Waals surface area contributed by atoms with Crippen LogP contribution in [0, 0.1) is 20.8 Å². The highest BCUT2D eigenvalue weighted by molar-refractivity contribution is 5.92. The number of hydrogen-bond acceptors (Lipinski definition) is 4. The van der Waals surface area contributed by atoms with Gasteiger partial charge >= 0.3 is 0 Å². The van der Waals surface area contributed by atoms with E-state index in [2.05, 4.69) is 45.7 Å². The fourth-order valence-electron chi connectivity index (χ4n) is 2.84. The van der Waals surface area contributed by atoms with Gasteiger partial charge in [-0.05, 0) is 43.5 Å². The highest BCUT2D eigenvalue weighted by Gasteiger charge is 2.11. The third-order valence-electron chi connectivity index (χ3n) is 4.32. The molecule has 0 aliphatic heterocycles. The summed E-state index contributed by atoms with van der Waals surface area (Å²) in [5.41, 5.74) is 5.72. The van der Waals surface area contributed by atoms with Crippen molar-refractivity contribution in [3.05, 3.63) is 88.2 Å². The van der Waals surface area contributed by atoms with E-state index in [4.69, 9.17) is 0 Å². The zero-order valence-corrected chi connectivity index (χ0v) is 15.9. The van der Waals surface area contributed by atoms with Crippen LogP contribution in [-0.2, 0) is 13.1 Å². The molecular formula is C22H24N4O. The zero-order chi connectivity index (χ0) is 19.2. The lowest BCUT2D eigenvalue weighted by molar-refractivity contribution is 0.0945. The van der Waals surface area contributed by atoms with Crippen molar-refractivity contribution in [3.63, 3.8) is 0 Å². The molecule has 0 unspecified atom stereocenters. The fraction of sp³-hybridized carbons (Fsp3) is 0.227. The van der Waals surface area contributed by atoms with Gasteiger partial charge in [0, 0.05) is 18.8 Å². The van der Waals surface area contributed by atoms with E-state index in [1.807, 2.05) is 44.2 Å². The first-order chi connectivity index (χ1) is 13.0. The molecule has 1 heterocycles. The normalized spacial score (nSPS) is 10.5. The van der Waals surface area contributed by atoms with Crippen LogP contribution in [0.4, 0.5) is 5.95 Å². The highest BCUT2D eigenvalue weighted by atomic mass is 16.1. The SMILES string of the molecule is Cc1cccc(CNC(=O)c2cc(C)nc(NCc3ccccc3C)n2)c1. The van der Waals surface area contributed by atoms with Gasteiger partial charge in [-0.3, -0.25) is 4.79 Å². The van der Waals surface area contributed by atoms with E-state index < -0.39 is 0 Å². The first-order valence-corrected chi connectivity index (χ1v) is 8.99. The number of aryl methyl sites for hydroxylation is 3. The molecule has 0 spiro atoms. The molecule has 3 rings (SSSR count). The monoisotopic (exact) mass is 360 g/mol. The molecular weight excluding hydrogens is 336 g/mol. The lowest BCUT2D eigenvalue weighted by Gasteiger charge is -2.10. The number of nitrogens with zero attached hydrogens (tertiary/aromatic N) is 2. The molecule has 2 aromatic carbocycles. The van der Waals surface area contributed by atoms with Crippen molar-refractivity contribution in [1.29, 1.82) is 0 Å². The molecule has 138 valence electrons. The Morgan fingerprint density at radius 2 is 1.74 bits per heavy atom. The van der Waals surface area contributed by atoms with Gasteiger partial charge in [0.2, 0.25) is 5.95 Å². The summed E-state index contributed by atoms with van der Waals surface area (Å²) in [5, 5.41) is 6.14. The fourth-order valence-corrected chi connectivity index (χ4v) is 2.84. The van der Waals surface area contributed by atoms with Gasteiger partial charge in [-0.25, -0.2) is 9.97 Å². The molecule has 3 aromatic rings. The second kappa shape index (κ2) is 8.45. The number of anilines is 1. The Balaban J connectivity index is 1.67. The van der Waals surface area contributed by atoms with E-state index in [-0.39, 0.29) is 5.91 Å². The van der Waals surface area contributed by atoms with E-state index in [9.17, 15) is 4.79 Å². The minimum absolute atomic E-state index is 0.207. The molecule has 0 atom stereocenters. The number of aromatic nitrogens is 2. The maximum Gasteiger partial charge on any atom is 0.270 e. The number of benzene rings is 2. The number of amides is 1. The predicted molar refractivity (Wildman–Crippen MR) is 108 cm³/mol. The van der Waals surface area contributed by atoms with Crippen molar-refractivity contribution < 1.29 is 4.79 Å².